The Kier molecular flexibility index (Phi) is 3.39. The van der Waals surface area contributed by atoms with Gasteiger partial charge < -0.3 is 14.7 Å². The van der Waals surface area contributed by atoms with Crippen LogP contribution in [0.1, 0.15) is 15.5 Å². The summed E-state index contributed by atoms with van der Waals surface area (Å²) in [5.41, 5.74) is 0.306. The van der Waals surface area contributed by atoms with Crippen LogP contribution < -0.4 is 0 Å². The summed E-state index contributed by atoms with van der Waals surface area (Å²) in [6, 6.07) is -0.918. The van der Waals surface area contributed by atoms with Crippen LogP contribution in [0.15, 0.2) is 5.38 Å². The van der Waals surface area contributed by atoms with E-state index in [-0.39, 0.29) is 19.1 Å². The molecule has 1 fully saturated rings. The lowest BCUT2D eigenvalue weighted by Crippen LogP contribution is -2.52. The lowest BCUT2D eigenvalue weighted by Gasteiger charge is -2.32. The van der Waals surface area contributed by atoms with Crippen LogP contribution in [0, 0.1) is 6.92 Å². The highest BCUT2D eigenvalue weighted by molar-refractivity contribution is 7.09. The van der Waals surface area contributed by atoms with Crippen LogP contribution in [0.2, 0.25) is 0 Å². The van der Waals surface area contributed by atoms with Crippen LogP contribution in [-0.2, 0) is 9.53 Å². The third kappa shape index (κ3) is 2.45. The van der Waals surface area contributed by atoms with E-state index in [1.54, 1.807) is 12.3 Å². The van der Waals surface area contributed by atoms with Crippen LogP contribution in [0.5, 0.6) is 0 Å². The normalized spacial score (nSPS) is 20.3. The van der Waals surface area contributed by atoms with Gasteiger partial charge in [-0.05, 0) is 6.92 Å². The van der Waals surface area contributed by atoms with Crippen molar-refractivity contribution in [2.24, 2.45) is 0 Å². The molecule has 1 atom stereocenters. The first-order chi connectivity index (χ1) is 8.09. The highest BCUT2D eigenvalue weighted by Crippen LogP contribution is 2.15. The number of carboxylic acids is 1. The van der Waals surface area contributed by atoms with Crippen LogP contribution in [0.4, 0.5) is 0 Å². The number of carbonyl (C=O) groups is 2. The molecular weight excluding hydrogens is 244 g/mol. The first-order valence-corrected chi connectivity index (χ1v) is 6.01. The second-order valence-corrected chi connectivity index (χ2v) is 4.74. The number of nitrogens with zero attached hydrogens (tertiary/aromatic N) is 2. The van der Waals surface area contributed by atoms with Gasteiger partial charge in [0.15, 0.2) is 6.04 Å². The molecule has 2 rings (SSSR count). The molecule has 7 heteroatoms. The Hall–Kier alpha value is -1.47. The number of aromatic nitrogens is 1. The molecule has 1 aromatic rings. The average Bonchev–Trinajstić information content (AvgIpc) is 2.75. The predicted molar refractivity (Wildman–Crippen MR) is 60.1 cm³/mol. The van der Waals surface area contributed by atoms with E-state index in [1.165, 1.54) is 16.2 Å². The third-order valence-electron chi connectivity index (χ3n) is 2.51. The van der Waals surface area contributed by atoms with E-state index in [9.17, 15) is 9.59 Å². The van der Waals surface area contributed by atoms with Crippen molar-refractivity contribution >= 4 is 23.2 Å². The Balaban J connectivity index is 2.19. The SMILES string of the molecule is Cc1nc(C(=O)N2CCOC[C@H]2C(=O)O)cs1. The van der Waals surface area contributed by atoms with Gasteiger partial charge in [-0.1, -0.05) is 0 Å². The van der Waals surface area contributed by atoms with E-state index in [0.717, 1.165) is 5.01 Å². The monoisotopic (exact) mass is 256 g/mol. The number of aryl methyl sites for hydroxylation is 1. The van der Waals surface area contributed by atoms with Crippen molar-refractivity contribution in [3.05, 3.63) is 16.1 Å². The lowest BCUT2D eigenvalue weighted by atomic mass is 10.2. The number of carboxylic acid groups (broad SMARTS) is 1. The van der Waals surface area contributed by atoms with Gasteiger partial charge in [-0.3, -0.25) is 4.79 Å². The molecule has 92 valence electrons. The molecule has 1 N–H and O–H groups in total. The van der Waals surface area contributed by atoms with E-state index in [0.29, 0.717) is 12.3 Å². The first-order valence-electron chi connectivity index (χ1n) is 5.13. The van der Waals surface area contributed by atoms with E-state index in [2.05, 4.69) is 4.98 Å². The van der Waals surface area contributed by atoms with Gasteiger partial charge in [-0.15, -0.1) is 11.3 Å². The summed E-state index contributed by atoms with van der Waals surface area (Å²) in [5, 5.41) is 11.4. The highest BCUT2D eigenvalue weighted by Gasteiger charge is 2.33. The summed E-state index contributed by atoms with van der Waals surface area (Å²) in [6.45, 7) is 2.48. The molecule has 1 aliphatic rings. The molecule has 0 aliphatic carbocycles. The molecule has 1 aliphatic heterocycles. The van der Waals surface area contributed by atoms with E-state index in [4.69, 9.17) is 9.84 Å². The first kappa shape index (κ1) is 12.0. The molecule has 2 heterocycles. The minimum absolute atomic E-state index is 0.0319. The van der Waals surface area contributed by atoms with E-state index < -0.39 is 12.0 Å². The molecule has 0 aromatic carbocycles. The molecular formula is C10H12N2O4S. The summed E-state index contributed by atoms with van der Waals surface area (Å²) < 4.78 is 5.07. The van der Waals surface area contributed by atoms with Gasteiger partial charge in [0.1, 0.15) is 5.69 Å². The van der Waals surface area contributed by atoms with Crippen LogP contribution in [0.3, 0.4) is 0 Å². The molecule has 0 radical (unpaired) electrons. The van der Waals surface area contributed by atoms with Crippen LogP contribution in [-0.4, -0.2) is 52.7 Å². The molecule has 17 heavy (non-hydrogen) atoms. The maximum atomic E-state index is 12.1. The zero-order valence-electron chi connectivity index (χ0n) is 9.25. The minimum atomic E-state index is -1.05. The average molecular weight is 256 g/mol. The van der Waals surface area contributed by atoms with Gasteiger partial charge >= 0.3 is 5.97 Å². The Labute approximate surface area is 102 Å². The smallest absolute Gasteiger partial charge is 0.328 e. The molecule has 6 nitrogen and oxygen atoms in total. The van der Waals surface area contributed by atoms with Crippen molar-refractivity contribution in [1.29, 1.82) is 0 Å². The van der Waals surface area contributed by atoms with Gasteiger partial charge in [-0.25, -0.2) is 9.78 Å². The Morgan fingerprint density at radius 1 is 1.65 bits per heavy atom. The molecule has 0 saturated carbocycles. The van der Waals surface area contributed by atoms with Crippen molar-refractivity contribution in [3.8, 4) is 0 Å². The van der Waals surface area contributed by atoms with Gasteiger partial charge in [0, 0.05) is 11.9 Å². The number of hydrogen-bond donors (Lipinski definition) is 1. The minimum Gasteiger partial charge on any atom is -0.480 e. The summed E-state index contributed by atoms with van der Waals surface area (Å²) in [4.78, 5) is 28.5. The number of rotatable bonds is 2. The standard InChI is InChI=1S/C10H12N2O4S/c1-6-11-7(5-17-6)9(13)12-2-3-16-4-8(12)10(14)15/h5,8H,2-4H2,1H3,(H,14,15)/t8-/m0/s1. The Bertz CT molecular complexity index is 445. The zero-order valence-corrected chi connectivity index (χ0v) is 10.1. The molecule has 0 bridgehead atoms. The van der Waals surface area contributed by atoms with Gasteiger partial charge in [-0.2, -0.15) is 0 Å². The number of carbonyl (C=O) groups excluding carboxylic acids is 1. The molecule has 0 spiro atoms. The second kappa shape index (κ2) is 4.80. The third-order valence-corrected chi connectivity index (χ3v) is 3.29. The Morgan fingerprint density at radius 3 is 3.00 bits per heavy atom. The molecule has 1 amide bonds. The van der Waals surface area contributed by atoms with Crippen LogP contribution in [0.25, 0.3) is 0 Å². The second-order valence-electron chi connectivity index (χ2n) is 3.68. The maximum Gasteiger partial charge on any atom is 0.328 e. The van der Waals surface area contributed by atoms with Gasteiger partial charge in [0.05, 0.1) is 18.2 Å². The Morgan fingerprint density at radius 2 is 2.41 bits per heavy atom. The summed E-state index contributed by atoms with van der Waals surface area (Å²) in [6.07, 6.45) is 0. The number of aliphatic carboxylic acids is 1. The largest absolute Gasteiger partial charge is 0.480 e. The van der Waals surface area contributed by atoms with Crippen molar-refractivity contribution in [1.82, 2.24) is 9.88 Å². The quantitative estimate of drug-likeness (QED) is 0.827. The number of hydrogen-bond acceptors (Lipinski definition) is 5. The fourth-order valence-corrected chi connectivity index (χ4v) is 2.25. The fraction of sp³-hybridized carbons (Fsp3) is 0.500. The van der Waals surface area contributed by atoms with E-state index in [1.807, 2.05) is 0 Å². The lowest BCUT2D eigenvalue weighted by molar-refractivity contribution is -0.147. The summed E-state index contributed by atoms with van der Waals surface area (Å²) in [5.74, 6) is -1.39. The topological polar surface area (TPSA) is 79.7 Å². The van der Waals surface area contributed by atoms with Crippen molar-refractivity contribution in [2.75, 3.05) is 19.8 Å². The van der Waals surface area contributed by atoms with Gasteiger partial charge in [0.25, 0.3) is 5.91 Å². The molecule has 1 aromatic heterocycles. The summed E-state index contributed by atoms with van der Waals surface area (Å²) in [7, 11) is 0. The number of thiazole rings is 1. The predicted octanol–water partition coefficient (Wildman–Crippen LogP) is 0.377. The summed E-state index contributed by atoms with van der Waals surface area (Å²) >= 11 is 1.37. The zero-order chi connectivity index (χ0) is 12.4. The van der Waals surface area contributed by atoms with Crippen molar-refractivity contribution in [3.63, 3.8) is 0 Å². The molecule has 1 saturated heterocycles. The van der Waals surface area contributed by atoms with Crippen molar-refractivity contribution < 1.29 is 19.4 Å². The number of ether oxygens (including phenoxy) is 1. The number of amides is 1. The van der Waals surface area contributed by atoms with Crippen molar-refractivity contribution in [2.45, 2.75) is 13.0 Å². The highest BCUT2D eigenvalue weighted by atomic mass is 32.1. The maximum absolute atomic E-state index is 12.1. The van der Waals surface area contributed by atoms with E-state index >= 15 is 0 Å². The van der Waals surface area contributed by atoms with Gasteiger partial charge in [0.2, 0.25) is 0 Å². The molecule has 0 unspecified atom stereocenters. The number of morpholine rings is 1. The fourth-order valence-electron chi connectivity index (χ4n) is 1.66. The van der Waals surface area contributed by atoms with Crippen LogP contribution >= 0.6 is 11.3 Å².